The normalized spacial score (nSPS) is 8.13. The van der Waals surface area contributed by atoms with E-state index >= 15 is 0 Å². The second-order valence-electron chi connectivity index (χ2n) is 3.31. The standard InChI is InChI=1S/2C7H8.Na/c2*1-7-5-3-2-4-6-7;/h2*2-6H,1H3;. The monoisotopic (exact) mass is 207 g/mol. The van der Waals surface area contributed by atoms with Gasteiger partial charge in [0.25, 0.3) is 0 Å². The van der Waals surface area contributed by atoms with E-state index in [1.54, 1.807) is 0 Å². The van der Waals surface area contributed by atoms with Crippen LogP contribution in [0.4, 0.5) is 0 Å². The number of hydrogen-bond donors (Lipinski definition) is 0. The molecule has 0 fully saturated rings. The van der Waals surface area contributed by atoms with E-state index in [4.69, 9.17) is 0 Å². The molecule has 0 atom stereocenters. The van der Waals surface area contributed by atoms with Crippen molar-refractivity contribution in [3.63, 3.8) is 0 Å². The SMILES string of the molecule is Cc1ccccc1.Cc1ccccc1.[Na]. The first kappa shape index (κ1) is 14.4. The Balaban J connectivity index is 0.000000245. The number of rotatable bonds is 0. The van der Waals surface area contributed by atoms with Gasteiger partial charge in [0.15, 0.2) is 0 Å². The van der Waals surface area contributed by atoms with Crippen LogP contribution in [0.15, 0.2) is 60.7 Å². The molecule has 0 heterocycles. The van der Waals surface area contributed by atoms with Crippen molar-refractivity contribution in [3.8, 4) is 0 Å². The fourth-order valence-electron chi connectivity index (χ4n) is 1.07. The molecule has 2 aromatic carbocycles. The first-order valence-electron chi connectivity index (χ1n) is 4.82. The van der Waals surface area contributed by atoms with Gasteiger partial charge in [-0.25, -0.2) is 0 Å². The van der Waals surface area contributed by atoms with Gasteiger partial charge in [0.2, 0.25) is 0 Å². The van der Waals surface area contributed by atoms with E-state index in [1.807, 2.05) is 36.4 Å². The molecule has 0 spiro atoms. The number of benzene rings is 2. The van der Waals surface area contributed by atoms with E-state index in [0.717, 1.165) is 0 Å². The smallest absolute Gasteiger partial charge is 0 e. The van der Waals surface area contributed by atoms with Gasteiger partial charge in [0.1, 0.15) is 0 Å². The average molecular weight is 207 g/mol. The first-order chi connectivity index (χ1) is 6.79. The van der Waals surface area contributed by atoms with Gasteiger partial charge in [-0.1, -0.05) is 71.8 Å². The Kier molecular flexibility index (Phi) is 8.40. The Bertz CT molecular complexity index is 303. The fourth-order valence-corrected chi connectivity index (χ4v) is 1.07. The summed E-state index contributed by atoms with van der Waals surface area (Å²) in [6.07, 6.45) is 0. The molecule has 73 valence electrons. The van der Waals surface area contributed by atoms with E-state index in [-0.39, 0.29) is 29.6 Å². The Morgan fingerprint density at radius 1 is 0.533 bits per heavy atom. The van der Waals surface area contributed by atoms with Crippen LogP contribution in [-0.4, -0.2) is 29.6 Å². The summed E-state index contributed by atoms with van der Waals surface area (Å²) < 4.78 is 0. The summed E-state index contributed by atoms with van der Waals surface area (Å²) in [6, 6.07) is 20.5. The molecule has 0 N–H and O–H groups in total. The average Bonchev–Trinajstić information content (AvgIpc) is 2.21. The summed E-state index contributed by atoms with van der Waals surface area (Å²) >= 11 is 0. The summed E-state index contributed by atoms with van der Waals surface area (Å²) in [6.45, 7) is 4.17. The van der Waals surface area contributed by atoms with E-state index in [2.05, 4.69) is 38.1 Å². The molecule has 0 amide bonds. The third-order valence-corrected chi connectivity index (χ3v) is 1.88. The number of hydrogen-bond acceptors (Lipinski definition) is 0. The van der Waals surface area contributed by atoms with Crippen molar-refractivity contribution in [2.45, 2.75) is 13.8 Å². The summed E-state index contributed by atoms with van der Waals surface area (Å²) in [7, 11) is 0. The zero-order chi connectivity index (χ0) is 10.2. The van der Waals surface area contributed by atoms with E-state index in [0.29, 0.717) is 0 Å². The van der Waals surface area contributed by atoms with Crippen molar-refractivity contribution < 1.29 is 0 Å². The van der Waals surface area contributed by atoms with E-state index in [9.17, 15) is 0 Å². The summed E-state index contributed by atoms with van der Waals surface area (Å²) in [4.78, 5) is 0. The molecule has 15 heavy (non-hydrogen) atoms. The van der Waals surface area contributed by atoms with Crippen LogP contribution in [0.1, 0.15) is 11.1 Å². The van der Waals surface area contributed by atoms with E-state index in [1.165, 1.54) is 11.1 Å². The van der Waals surface area contributed by atoms with Crippen molar-refractivity contribution in [3.05, 3.63) is 71.8 Å². The Morgan fingerprint density at radius 3 is 0.933 bits per heavy atom. The zero-order valence-corrected chi connectivity index (χ0v) is 11.8. The van der Waals surface area contributed by atoms with Gasteiger partial charge in [-0.05, 0) is 13.8 Å². The van der Waals surface area contributed by atoms with Crippen LogP contribution in [0.2, 0.25) is 0 Å². The van der Waals surface area contributed by atoms with Crippen LogP contribution in [0.25, 0.3) is 0 Å². The third kappa shape index (κ3) is 7.38. The van der Waals surface area contributed by atoms with Crippen molar-refractivity contribution in [2.75, 3.05) is 0 Å². The van der Waals surface area contributed by atoms with Gasteiger partial charge >= 0.3 is 0 Å². The maximum atomic E-state index is 2.08. The van der Waals surface area contributed by atoms with Crippen LogP contribution in [0.5, 0.6) is 0 Å². The molecule has 1 radical (unpaired) electrons. The molecular formula is C14H16Na. The first-order valence-corrected chi connectivity index (χ1v) is 4.82. The van der Waals surface area contributed by atoms with Crippen LogP contribution in [-0.2, 0) is 0 Å². The molecule has 0 saturated carbocycles. The van der Waals surface area contributed by atoms with Crippen molar-refractivity contribution >= 4 is 29.6 Å². The predicted octanol–water partition coefficient (Wildman–Crippen LogP) is 3.61. The van der Waals surface area contributed by atoms with Gasteiger partial charge < -0.3 is 0 Å². The molecule has 0 bridgehead atoms. The predicted molar refractivity (Wildman–Crippen MR) is 68.1 cm³/mol. The van der Waals surface area contributed by atoms with Gasteiger partial charge in [-0.3, -0.25) is 0 Å². The van der Waals surface area contributed by atoms with Gasteiger partial charge in [-0.2, -0.15) is 0 Å². The zero-order valence-electron chi connectivity index (χ0n) is 9.77. The topological polar surface area (TPSA) is 0 Å². The Hall–Kier alpha value is -0.560. The molecular weight excluding hydrogens is 191 g/mol. The largest absolute Gasteiger partial charge is 0.0622 e. The molecule has 0 nitrogen and oxygen atoms in total. The van der Waals surface area contributed by atoms with Crippen LogP contribution < -0.4 is 0 Å². The summed E-state index contributed by atoms with van der Waals surface area (Å²) in [5.74, 6) is 0. The van der Waals surface area contributed by atoms with Crippen molar-refractivity contribution in [1.82, 2.24) is 0 Å². The van der Waals surface area contributed by atoms with Crippen LogP contribution in [0.3, 0.4) is 0 Å². The summed E-state index contributed by atoms with van der Waals surface area (Å²) in [5, 5.41) is 0. The molecule has 2 aromatic rings. The van der Waals surface area contributed by atoms with Crippen molar-refractivity contribution in [2.24, 2.45) is 0 Å². The molecule has 0 aliphatic carbocycles. The van der Waals surface area contributed by atoms with Gasteiger partial charge in [-0.15, -0.1) is 0 Å². The van der Waals surface area contributed by atoms with Crippen LogP contribution >= 0.6 is 0 Å². The second kappa shape index (κ2) is 8.72. The van der Waals surface area contributed by atoms with Gasteiger partial charge in [0, 0.05) is 29.6 Å². The van der Waals surface area contributed by atoms with Crippen LogP contribution in [0, 0.1) is 13.8 Å². The minimum Gasteiger partial charge on any atom is -0.0622 e. The molecule has 0 saturated heterocycles. The quantitative estimate of drug-likeness (QED) is 0.579. The fraction of sp³-hybridized carbons (Fsp3) is 0.143. The molecule has 1 heteroatoms. The Morgan fingerprint density at radius 2 is 0.800 bits per heavy atom. The molecule has 2 rings (SSSR count). The molecule has 0 aliphatic rings. The van der Waals surface area contributed by atoms with E-state index < -0.39 is 0 Å². The minimum absolute atomic E-state index is 0. The van der Waals surface area contributed by atoms with Gasteiger partial charge in [0.05, 0.1) is 0 Å². The molecule has 0 aromatic heterocycles. The minimum atomic E-state index is 0. The number of aryl methyl sites for hydroxylation is 2. The molecule has 0 unspecified atom stereocenters. The summed E-state index contributed by atoms with van der Waals surface area (Å²) in [5.41, 5.74) is 2.64. The molecule has 0 aliphatic heterocycles. The third-order valence-electron chi connectivity index (χ3n) is 1.88. The maximum absolute atomic E-state index is 2.08. The van der Waals surface area contributed by atoms with Crippen molar-refractivity contribution in [1.29, 1.82) is 0 Å². The second-order valence-corrected chi connectivity index (χ2v) is 3.31. The maximum Gasteiger partial charge on any atom is 0 e. The Labute approximate surface area is 115 Å².